The lowest BCUT2D eigenvalue weighted by molar-refractivity contribution is -0.131. The Bertz CT molecular complexity index is 1110. The zero-order valence-corrected chi connectivity index (χ0v) is 21.1. The van der Waals surface area contributed by atoms with Crippen molar-refractivity contribution in [2.45, 2.75) is 51.2 Å². The Balaban J connectivity index is 1.48. The van der Waals surface area contributed by atoms with Crippen molar-refractivity contribution in [1.29, 1.82) is 0 Å². The molecule has 198 valence electrons. The average molecular weight is 509 g/mol. The number of aliphatic hydroxyl groups is 2. The standard InChI is InChI=1S/C29H36N2O6/c1-3-15-11-17-12-19-18-5-4-6-23(35)30-10-9-21(33)27-28(36)26(29(37)31-27)20(32)8-7-16(18)13-22(34)25(19)24(17)14(15)2/h3-4,6-8,14-19,21,24-25,27,32-33H,1,5,9-13H2,2H3,(H,30,35)(H,31,37)/b6-4-,8-7+,26-20-/t14-,15-,16+,17+,18-,19+,21?,24+,25-,27?/m0/s1. The Kier molecular flexibility index (Phi) is 6.96. The first-order chi connectivity index (χ1) is 17.7. The molecule has 10 atom stereocenters. The van der Waals surface area contributed by atoms with Crippen molar-refractivity contribution in [3.8, 4) is 0 Å². The molecule has 37 heavy (non-hydrogen) atoms. The summed E-state index contributed by atoms with van der Waals surface area (Å²) in [5, 5.41) is 26.2. The summed E-state index contributed by atoms with van der Waals surface area (Å²) >= 11 is 0. The largest absolute Gasteiger partial charge is 0.507 e. The summed E-state index contributed by atoms with van der Waals surface area (Å²) < 4.78 is 0. The molecule has 2 heterocycles. The number of Topliss-reactive ketones (excluding diaryl/α,β-unsaturated/α-hetero) is 2. The van der Waals surface area contributed by atoms with Crippen molar-refractivity contribution in [3.63, 3.8) is 0 Å². The first-order valence-corrected chi connectivity index (χ1v) is 13.5. The smallest absolute Gasteiger partial charge is 0.259 e. The zero-order chi connectivity index (χ0) is 26.4. The molecule has 4 N–H and O–H groups in total. The zero-order valence-electron chi connectivity index (χ0n) is 21.1. The van der Waals surface area contributed by atoms with Crippen LogP contribution in [0.15, 0.2) is 48.3 Å². The molecule has 0 aromatic carbocycles. The van der Waals surface area contributed by atoms with E-state index in [2.05, 4.69) is 24.1 Å². The van der Waals surface area contributed by atoms with Crippen LogP contribution < -0.4 is 10.6 Å². The van der Waals surface area contributed by atoms with Crippen molar-refractivity contribution < 1.29 is 29.4 Å². The van der Waals surface area contributed by atoms with E-state index in [4.69, 9.17) is 0 Å². The fraction of sp³-hybridized carbons (Fsp3) is 0.586. The monoisotopic (exact) mass is 508 g/mol. The Hall–Kier alpha value is -3.00. The molecule has 0 aromatic rings. The maximum Gasteiger partial charge on any atom is 0.259 e. The second kappa shape index (κ2) is 10.0. The number of rotatable bonds is 1. The van der Waals surface area contributed by atoms with Crippen LogP contribution in [0.2, 0.25) is 0 Å². The number of carbonyl (C=O) groups is 4. The Morgan fingerprint density at radius 3 is 2.65 bits per heavy atom. The summed E-state index contributed by atoms with van der Waals surface area (Å²) in [6.45, 7) is 6.37. The molecule has 2 unspecified atom stereocenters. The summed E-state index contributed by atoms with van der Waals surface area (Å²) in [4.78, 5) is 51.2. The van der Waals surface area contributed by atoms with E-state index in [0.29, 0.717) is 36.5 Å². The van der Waals surface area contributed by atoms with Gasteiger partial charge < -0.3 is 20.8 Å². The molecule has 8 heteroatoms. The quantitative estimate of drug-likeness (QED) is 0.317. The van der Waals surface area contributed by atoms with Crippen molar-refractivity contribution in [2.75, 3.05) is 6.54 Å². The van der Waals surface area contributed by atoms with E-state index in [-0.39, 0.29) is 53.9 Å². The van der Waals surface area contributed by atoms with E-state index in [1.165, 1.54) is 12.2 Å². The van der Waals surface area contributed by atoms with Gasteiger partial charge in [0, 0.05) is 18.9 Å². The predicted octanol–water partition coefficient (Wildman–Crippen LogP) is 2.16. The number of allylic oxidation sites excluding steroid dienone is 4. The third kappa shape index (κ3) is 4.49. The van der Waals surface area contributed by atoms with E-state index in [9.17, 15) is 29.4 Å². The fourth-order valence-electron chi connectivity index (χ4n) is 7.95. The summed E-state index contributed by atoms with van der Waals surface area (Å²) in [6, 6.07) is -1.18. The highest BCUT2D eigenvalue weighted by Gasteiger charge is 2.58. The Morgan fingerprint density at radius 1 is 1.11 bits per heavy atom. The molecule has 2 aliphatic heterocycles. The number of carbonyl (C=O) groups excluding carboxylic acids is 4. The molecule has 3 aliphatic carbocycles. The number of nitrogens with one attached hydrogen (secondary N) is 2. The summed E-state index contributed by atoms with van der Waals surface area (Å²) in [7, 11) is 0. The van der Waals surface area contributed by atoms with E-state index >= 15 is 0 Å². The van der Waals surface area contributed by atoms with Gasteiger partial charge in [0.2, 0.25) is 5.91 Å². The van der Waals surface area contributed by atoms with Gasteiger partial charge in [0.25, 0.3) is 5.91 Å². The van der Waals surface area contributed by atoms with Crippen LogP contribution in [0.4, 0.5) is 0 Å². The van der Waals surface area contributed by atoms with Crippen molar-refractivity contribution in [1.82, 2.24) is 10.6 Å². The first-order valence-electron chi connectivity index (χ1n) is 13.5. The minimum atomic E-state index is -1.20. The van der Waals surface area contributed by atoms with E-state index in [0.717, 1.165) is 12.8 Å². The number of hydrogen-bond acceptors (Lipinski definition) is 6. The van der Waals surface area contributed by atoms with Gasteiger partial charge in [0.15, 0.2) is 5.78 Å². The lowest BCUT2D eigenvalue weighted by Gasteiger charge is -2.40. The summed E-state index contributed by atoms with van der Waals surface area (Å²) in [5.74, 6) is -0.190. The highest BCUT2D eigenvalue weighted by atomic mass is 16.3. The van der Waals surface area contributed by atoms with Crippen molar-refractivity contribution in [2.24, 2.45) is 47.3 Å². The lowest BCUT2D eigenvalue weighted by atomic mass is 9.63. The van der Waals surface area contributed by atoms with Gasteiger partial charge in [-0.15, -0.1) is 6.58 Å². The molecule has 4 fully saturated rings. The van der Waals surface area contributed by atoms with Crippen LogP contribution in [-0.4, -0.2) is 52.3 Å². The minimum Gasteiger partial charge on any atom is -0.507 e. The number of aliphatic hydroxyl groups excluding tert-OH is 2. The van der Waals surface area contributed by atoms with E-state index in [1.54, 1.807) is 6.08 Å². The Morgan fingerprint density at radius 2 is 1.89 bits per heavy atom. The van der Waals surface area contributed by atoms with Crippen molar-refractivity contribution >= 4 is 23.4 Å². The van der Waals surface area contributed by atoms with Gasteiger partial charge in [-0.2, -0.15) is 0 Å². The SMILES string of the molecule is C=C[C@H]1C[C@@H]2C[C@@H]3[C@H]4C/C=C\C(=O)NCCC(O)C5NC(=O)/C(=C(O)/C=C/[C@@H]4CC(=O)[C@H]3[C@@H]2[C@H]1C)C5=O. The van der Waals surface area contributed by atoms with Crippen LogP contribution >= 0.6 is 0 Å². The number of fused-ring (bicyclic) bond motifs is 7. The van der Waals surface area contributed by atoms with Crippen LogP contribution in [-0.2, 0) is 19.2 Å². The van der Waals surface area contributed by atoms with Crippen LogP contribution in [0.5, 0.6) is 0 Å². The van der Waals surface area contributed by atoms with Crippen LogP contribution in [0, 0.1) is 47.3 Å². The molecule has 0 aromatic heterocycles. The lowest BCUT2D eigenvalue weighted by Crippen LogP contribution is -2.42. The third-order valence-corrected chi connectivity index (χ3v) is 9.67. The van der Waals surface area contributed by atoms with Gasteiger partial charge in [-0.05, 0) is 79.3 Å². The van der Waals surface area contributed by atoms with Crippen LogP contribution in [0.3, 0.4) is 0 Å². The van der Waals surface area contributed by atoms with E-state index < -0.39 is 29.6 Å². The molecule has 2 bridgehead atoms. The van der Waals surface area contributed by atoms with Gasteiger partial charge in [-0.1, -0.05) is 25.2 Å². The molecular weight excluding hydrogens is 472 g/mol. The molecule has 5 aliphatic rings. The highest BCUT2D eigenvalue weighted by molar-refractivity contribution is 6.27. The highest BCUT2D eigenvalue weighted by Crippen LogP contribution is 2.61. The molecule has 2 amide bonds. The molecule has 0 spiro atoms. The van der Waals surface area contributed by atoms with Crippen LogP contribution in [0.1, 0.15) is 39.0 Å². The van der Waals surface area contributed by atoms with Crippen molar-refractivity contribution in [3.05, 3.63) is 48.3 Å². The predicted molar refractivity (Wildman–Crippen MR) is 136 cm³/mol. The minimum absolute atomic E-state index is 0.0104. The molecule has 0 radical (unpaired) electrons. The van der Waals surface area contributed by atoms with Gasteiger partial charge in [0.1, 0.15) is 23.2 Å². The average Bonchev–Trinajstić information content (AvgIpc) is 3.48. The third-order valence-electron chi connectivity index (χ3n) is 9.67. The molecule has 5 rings (SSSR count). The second-order valence-electron chi connectivity index (χ2n) is 11.5. The number of ketones is 2. The topological polar surface area (TPSA) is 133 Å². The fourth-order valence-corrected chi connectivity index (χ4v) is 7.95. The molecule has 1 saturated heterocycles. The maximum atomic E-state index is 13.5. The van der Waals surface area contributed by atoms with Gasteiger partial charge in [-0.3, -0.25) is 19.2 Å². The van der Waals surface area contributed by atoms with Gasteiger partial charge in [0.05, 0.1) is 6.10 Å². The van der Waals surface area contributed by atoms with E-state index in [1.807, 2.05) is 12.2 Å². The Labute approximate surface area is 217 Å². The molecular formula is C29H36N2O6. The second-order valence-corrected chi connectivity index (χ2v) is 11.5. The normalized spacial score (nSPS) is 45.9. The number of amides is 2. The number of hydrogen-bond donors (Lipinski definition) is 4. The molecule has 3 saturated carbocycles. The molecule has 8 nitrogen and oxygen atoms in total. The summed E-state index contributed by atoms with van der Waals surface area (Å²) in [6.07, 6.45) is 10.3. The van der Waals surface area contributed by atoms with Gasteiger partial charge >= 0.3 is 0 Å². The first kappa shape index (κ1) is 25.6. The maximum absolute atomic E-state index is 13.5. The van der Waals surface area contributed by atoms with Crippen LogP contribution in [0.25, 0.3) is 0 Å². The van der Waals surface area contributed by atoms with Gasteiger partial charge in [-0.25, -0.2) is 0 Å². The summed E-state index contributed by atoms with van der Waals surface area (Å²) in [5.41, 5.74) is -0.382.